The van der Waals surface area contributed by atoms with Crippen LogP contribution in [-0.4, -0.2) is 51.2 Å². The smallest absolute Gasteiger partial charge is 0.416 e. The maximum Gasteiger partial charge on any atom is 0.416 e. The van der Waals surface area contributed by atoms with Crippen molar-refractivity contribution in [2.45, 2.75) is 109 Å². The Bertz CT molecular complexity index is 2080. The molecule has 0 radical (unpaired) electrons. The summed E-state index contributed by atoms with van der Waals surface area (Å²) in [6, 6.07) is 20.6. The summed E-state index contributed by atoms with van der Waals surface area (Å²) in [4.78, 5) is 30.0. The van der Waals surface area contributed by atoms with Gasteiger partial charge < -0.3 is 24.8 Å². The van der Waals surface area contributed by atoms with Crippen molar-refractivity contribution in [3.8, 4) is 11.3 Å². The summed E-state index contributed by atoms with van der Waals surface area (Å²) in [5, 5.41) is 27.0. The molecule has 3 N–H and O–H groups in total. The number of fused-ring (bicyclic) bond motifs is 8. The Hall–Kier alpha value is -4.38. The zero-order valence-electron chi connectivity index (χ0n) is 32.3. The topological polar surface area (TPSA) is 103 Å². The largest absolute Gasteiger partial charge is 0.453 e. The molecular formula is C45H50ClF3N2O5. The molecule has 0 aliphatic heterocycles. The van der Waals surface area contributed by atoms with E-state index >= 15 is 0 Å². The number of nitrogens with zero attached hydrogens (tertiary/aromatic N) is 1. The van der Waals surface area contributed by atoms with E-state index in [1.807, 2.05) is 70.2 Å². The van der Waals surface area contributed by atoms with Gasteiger partial charge in [-0.25, -0.2) is 4.79 Å². The van der Waals surface area contributed by atoms with Crippen LogP contribution in [-0.2, 0) is 19.1 Å². The zero-order chi connectivity index (χ0) is 40.4. The molecule has 1 heterocycles. The summed E-state index contributed by atoms with van der Waals surface area (Å²) in [5.41, 5.74) is 0.761. The highest BCUT2D eigenvalue weighted by atomic mass is 35.5. The van der Waals surface area contributed by atoms with Crippen LogP contribution in [0.1, 0.15) is 111 Å². The Morgan fingerprint density at radius 2 is 1.77 bits per heavy atom. The normalized spacial score (nSPS) is 23.0. The van der Waals surface area contributed by atoms with Gasteiger partial charge in [-0.05, 0) is 125 Å². The Balaban J connectivity index is 1.42. The summed E-state index contributed by atoms with van der Waals surface area (Å²) in [7, 11) is 0. The van der Waals surface area contributed by atoms with Crippen molar-refractivity contribution >= 4 is 23.4 Å². The number of aliphatic hydroxyl groups excluding tert-OH is 1. The van der Waals surface area contributed by atoms with E-state index in [1.54, 1.807) is 11.0 Å². The monoisotopic (exact) mass is 790 g/mol. The Kier molecular flexibility index (Phi) is 12.2. The van der Waals surface area contributed by atoms with Crippen LogP contribution in [0.3, 0.4) is 0 Å². The summed E-state index contributed by atoms with van der Waals surface area (Å²) >= 11 is 6.33. The number of furan rings is 1. The van der Waals surface area contributed by atoms with Crippen LogP contribution in [0.4, 0.5) is 18.0 Å². The molecule has 4 unspecified atom stereocenters. The fourth-order valence-electron chi connectivity index (χ4n) is 8.48. The van der Waals surface area contributed by atoms with E-state index in [-0.39, 0.29) is 46.6 Å². The lowest BCUT2D eigenvalue weighted by Gasteiger charge is -2.46. The fourth-order valence-corrected chi connectivity index (χ4v) is 8.69. The minimum Gasteiger partial charge on any atom is -0.453 e. The number of carbonyl (C=O) groups is 2. The van der Waals surface area contributed by atoms with Crippen molar-refractivity contribution < 1.29 is 37.4 Å². The van der Waals surface area contributed by atoms with Crippen LogP contribution in [0.25, 0.3) is 11.3 Å². The second kappa shape index (κ2) is 16.6. The van der Waals surface area contributed by atoms with Crippen molar-refractivity contribution in [1.29, 1.82) is 0 Å². The van der Waals surface area contributed by atoms with E-state index in [4.69, 9.17) is 16.0 Å². The van der Waals surface area contributed by atoms with Crippen LogP contribution < -0.4 is 5.32 Å². The predicted octanol–water partition coefficient (Wildman–Crippen LogP) is 10.5. The Morgan fingerprint density at radius 1 is 1.02 bits per heavy atom. The third-order valence-electron chi connectivity index (χ3n) is 11.7. The first-order valence-corrected chi connectivity index (χ1v) is 19.6. The van der Waals surface area contributed by atoms with Gasteiger partial charge in [0, 0.05) is 29.1 Å². The standard InChI is InChI=1S/C45H50ClF3N2O5/c1-28(2)50-42(54)51(26-30-10-6-5-7-11-30)27-44(55)22-20-37-34-16-13-31(23-33(52)15-12-29(3)9-8-21-43(37,44)4)24-35(34)41(53)40-19-18-39(56-40)36-25-32(45(47,48)49)14-17-38(36)46/h5-7,9-11,13-14,16-19,24-25,28,33,37,52,55H,8,12,15,20-23,26-27H2,1-4H3,(H,50,54). The molecule has 3 aliphatic rings. The molecule has 3 aliphatic carbocycles. The molecule has 1 aromatic heterocycles. The summed E-state index contributed by atoms with van der Waals surface area (Å²) in [6.45, 7) is 8.23. The number of rotatable bonds is 8. The molecule has 4 atom stereocenters. The first-order valence-electron chi connectivity index (χ1n) is 19.3. The van der Waals surface area contributed by atoms with Crippen LogP contribution in [0.2, 0.25) is 5.02 Å². The lowest BCUT2D eigenvalue weighted by molar-refractivity contribution is -0.137. The highest BCUT2D eigenvalue weighted by Gasteiger charge is 2.57. The van der Waals surface area contributed by atoms with Crippen LogP contribution in [0, 0.1) is 5.41 Å². The van der Waals surface area contributed by atoms with Gasteiger partial charge >= 0.3 is 12.2 Å². The van der Waals surface area contributed by atoms with Crippen molar-refractivity contribution in [1.82, 2.24) is 10.2 Å². The minimum absolute atomic E-state index is 0.00503. The first-order chi connectivity index (χ1) is 26.5. The molecule has 3 aromatic carbocycles. The van der Waals surface area contributed by atoms with Gasteiger partial charge in [0.25, 0.3) is 0 Å². The number of hydrogen-bond acceptors (Lipinski definition) is 5. The number of hydrogen-bond donors (Lipinski definition) is 3. The molecule has 1 fully saturated rings. The Labute approximate surface area is 331 Å². The van der Waals surface area contributed by atoms with Crippen molar-refractivity contribution in [2.75, 3.05) is 6.54 Å². The number of alkyl halides is 3. The predicted molar refractivity (Wildman–Crippen MR) is 212 cm³/mol. The molecular weight excluding hydrogens is 741 g/mol. The summed E-state index contributed by atoms with van der Waals surface area (Å²) in [6.07, 6.45) is 0.484. The number of urea groups is 1. The molecule has 56 heavy (non-hydrogen) atoms. The average molecular weight is 791 g/mol. The molecule has 2 amide bonds. The molecule has 1 saturated carbocycles. The van der Waals surface area contributed by atoms with Crippen molar-refractivity contribution in [3.63, 3.8) is 0 Å². The third kappa shape index (κ3) is 8.93. The molecule has 7 nitrogen and oxygen atoms in total. The number of allylic oxidation sites excluding steroid dienone is 2. The second-order valence-electron chi connectivity index (χ2n) is 16.1. The lowest BCUT2D eigenvalue weighted by Crippen LogP contribution is -2.55. The van der Waals surface area contributed by atoms with E-state index in [0.717, 1.165) is 34.9 Å². The average Bonchev–Trinajstić information content (AvgIpc) is 3.72. The minimum atomic E-state index is -4.61. The van der Waals surface area contributed by atoms with Gasteiger partial charge in [0.15, 0.2) is 5.76 Å². The van der Waals surface area contributed by atoms with E-state index in [0.29, 0.717) is 62.6 Å². The summed E-state index contributed by atoms with van der Waals surface area (Å²) in [5.74, 6) is -0.879. The van der Waals surface area contributed by atoms with Crippen LogP contribution >= 0.6 is 11.6 Å². The Morgan fingerprint density at radius 3 is 2.48 bits per heavy atom. The van der Waals surface area contributed by atoms with Crippen LogP contribution in [0.15, 0.2) is 94.9 Å². The lowest BCUT2D eigenvalue weighted by atomic mass is 9.64. The zero-order valence-corrected chi connectivity index (χ0v) is 33.0. The fraction of sp³-hybridized carbons (Fsp3) is 0.422. The summed E-state index contributed by atoms with van der Waals surface area (Å²) < 4.78 is 46.8. The molecule has 4 aromatic rings. The highest BCUT2D eigenvalue weighted by molar-refractivity contribution is 6.33. The molecule has 2 bridgehead atoms. The second-order valence-corrected chi connectivity index (χ2v) is 16.5. The molecule has 298 valence electrons. The van der Waals surface area contributed by atoms with Crippen molar-refractivity contribution in [2.24, 2.45) is 5.41 Å². The number of ketones is 1. The quantitative estimate of drug-likeness (QED) is 0.122. The number of amides is 2. The van der Waals surface area contributed by atoms with Gasteiger partial charge in [-0.3, -0.25) is 4.79 Å². The van der Waals surface area contributed by atoms with Gasteiger partial charge in [-0.15, -0.1) is 0 Å². The van der Waals surface area contributed by atoms with Gasteiger partial charge in [0.05, 0.1) is 28.8 Å². The van der Waals surface area contributed by atoms with E-state index < -0.39 is 34.6 Å². The van der Waals surface area contributed by atoms with Gasteiger partial charge in [0.1, 0.15) is 5.76 Å². The van der Waals surface area contributed by atoms with Gasteiger partial charge in [-0.2, -0.15) is 13.2 Å². The maximum atomic E-state index is 14.6. The third-order valence-corrected chi connectivity index (χ3v) is 12.0. The van der Waals surface area contributed by atoms with Crippen LogP contribution in [0.5, 0.6) is 0 Å². The van der Waals surface area contributed by atoms with E-state index in [2.05, 4.69) is 11.4 Å². The highest BCUT2D eigenvalue weighted by Crippen LogP contribution is 2.59. The molecule has 0 saturated heterocycles. The molecule has 11 heteroatoms. The van der Waals surface area contributed by atoms with E-state index in [9.17, 15) is 33.0 Å². The number of benzene rings is 3. The number of nitrogens with one attached hydrogen (secondary N) is 1. The number of halogens is 4. The first kappa shape index (κ1) is 41.3. The van der Waals surface area contributed by atoms with Gasteiger partial charge in [-0.1, -0.05) is 72.6 Å². The molecule has 0 spiro atoms. The van der Waals surface area contributed by atoms with E-state index in [1.165, 1.54) is 12.1 Å². The molecule has 7 rings (SSSR count). The SMILES string of the molecule is CC1=CCCC2(C)C(CCC2(O)CN(Cc2ccccc2)C(=O)NC(C)C)c2ccc(cc2C(=O)c2ccc(-c3cc(C(F)(F)F)ccc3Cl)o2)CC(O)CC1. The van der Waals surface area contributed by atoms with Crippen molar-refractivity contribution in [3.05, 3.63) is 129 Å². The number of carbonyl (C=O) groups excluding carboxylic acids is 2. The van der Waals surface area contributed by atoms with Gasteiger partial charge in [0.2, 0.25) is 5.78 Å². The maximum absolute atomic E-state index is 14.6. The number of aliphatic hydroxyl groups is 2.